The Morgan fingerprint density at radius 1 is 1.75 bits per heavy atom. The number of halogens is 1. The minimum Gasteiger partial charge on any atom is -0.394 e. The molecule has 0 unspecified atom stereocenters. The number of aromatic nitrogens is 2. The number of nitrogens with two attached hydrogens (primary N) is 1. The molecule has 5 heteroatoms. The summed E-state index contributed by atoms with van der Waals surface area (Å²) in [6.45, 7) is 1.70. The second-order valence-corrected chi connectivity index (χ2v) is 3.06. The third-order valence-electron chi connectivity index (χ3n) is 1.76. The SMILES string of the molecule is Cc1nn(C)c(Cl)c1[C@@H](N)CO. The predicted molar refractivity (Wildman–Crippen MR) is 47.0 cm³/mol. The number of hydrogen-bond donors (Lipinski definition) is 2. The van der Waals surface area contributed by atoms with Crippen LogP contribution >= 0.6 is 11.6 Å². The van der Waals surface area contributed by atoms with Crippen molar-refractivity contribution in [3.63, 3.8) is 0 Å². The van der Waals surface area contributed by atoms with Gasteiger partial charge in [0.15, 0.2) is 0 Å². The van der Waals surface area contributed by atoms with Gasteiger partial charge in [0.25, 0.3) is 0 Å². The molecular formula is C7H12ClN3O. The molecule has 1 heterocycles. The highest BCUT2D eigenvalue weighted by Gasteiger charge is 2.16. The monoisotopic (exact) mass is 189 g/mol. The Hall–Kier alpha value is -0.580. The molecule has 0 radical (unpaired) electrons. The summed E-state index contributed by atoms with van der Waals surface area (Å²) in [6, 6.07) is -0.439. The third-order valence-corrected chi connectivity index (χ3v) is 2.21. The summed E-state index contributed by atoms with van der Waals surface area (Å²) in [5.41, 5.74) is 7.11. The molecule has 3 N–H and O–H groups in total. The lowest BCUT2D eigenvalue weighted by Gasteiger charge is -2.06. The van der Waals surface area contributed by atoms with Crippen molar-refractivity contribution in [2.75, 3.05) is 6.61 Å². The van der Waals surface area contributed by atoms with E-state index in [2.05, 4.69) is 5.10 Å². The number of hydrogen-bond acceptors (Lipinski definition) is 3. The van der Waals surface area contributed by atoms with Crippen LogP contribution in [-0.2, 0) is 7.05 Å². The van der Waals surface area contributed by atoms with Crippen LogP contribution in [0.2, 0.25) is 5.15 Å². The van der Waals surface area contributed by atoms with Gasteiger partial charge in [0.2, 0.25) is 0 Å². The molecule has 1 aromatic heterocycles. The number of aryl methyl sites for hydroxylation is 2. The molecule has 0 aliphatic rings. The molecule has 0 spiro atoms. The summed E-state index contributed by atoms with van der Waals surface area (Å²) in [5.74, 6) is 0. The van der Waals surface area contributed by atoms with Crippen LogP contribution in [0, 0.1) is 6.92 Å². The van der Waals surface area contributed by atoms with E-state index in [0.29, 0.717) is 5.15 Å². The molecule has 0 aliphatic heterocycles. The van der Waals surface area contributed by atoms with Crippen molar-refractivity contribution < 1.29 is 5.11 Å². The fourth-order valence-corrected chi connectivity index (χ4v) is 1.47. The zero-order valence-electron chi connectivity index (χ0n) is 7.08. The fraction of sp³-hybridized carbons (Fsp3) is 0.571. The first kappa shape index (κ1) is 9.51. The molecular weight excluding hydrogens is 178 g/mol. The molecule has 0 saturated carbocycles. The highest BCUT2D eigenvalue weighted by molar-refractivity contribution is 6.30. The van der Waals surface area contributed by atoms with Crippen molar-refractivity contribution in [2.24, 2.45) is 12.8 Å². The van der Waals surface area contributed by atoms with Crippen LogP contribution in [0.15, 0.2) is 0 Å². The van der Waals surface area contributed by atoms with E-state index in [9.17, 15) is 0 Å². The number of rotatable bonds is 2. The van der Waals surface area contributed by atoms with Crippen LogP contribution in [0.1, 0.15) is 17.3 Å². The van der Waals surface area contributed by atoms with Crippen LogP contribution in [0.3, 0.4) is 0 Å². The Labute approximate surface area is 75.9 Å². The van der Waals surface area contributed by atoms with E-state index < -0.39 is 6.04 Å². The fourth-order valence-electron chi connectivity index (χ4n) is 1.16. The Bertz CT molecular complexity index is 284. The van der Waals surface area contributed by atoms with Gasteiger partial charge in [-0.1, -0.05) is 11.6 Å². The normalized spacial score (nSPS) is 13.4. The second-order valence-electron chi connectivity index (χ2n) is 2.70. The van der Waals surface area contributed by atoms with Crippen molar-refractivity contribution in [3.05, 3.63) is 16.4 Å². The van der Waals surface area contributed by atoms with E-state index in [1.807, 2.05) is 6.92 Å². The van der Waals surface area contributed by atoms with Gasteiger partial charge in [-0.05, 0) is 6.92 Å². The molecule has 1 rings (SSSR count). The topological polar surface area (TPSA) is 64.1 Å². The standard InChI is InChI=1S/C7H12ClN3O/c1-4-6(5(9)3-12)7(8)11(2)10-4/h5,12H,3,9H2,1-2H3/t5-/m0/s1. The first-order chi connectivity index (χ1) is 5.57. The lowest BCUT2D eigenvalue weighted by molar-refractivity contribution is 0.267. The zero-order valence-corrected chi connectivity index (χ0v) is 7.84. The largest absolute Gasteiger partial charge is 0.394 e. The lowest BCUT2D eigenvalue weighted by Crippen LogP contribution is -2.15. The highest BCUT2D eigenvalue weighted by atomic mass is 35.5. The van der Waals surface area contributed by atoms with Gasteiger partial charge in [-0.15, -0.1) is 0 Å². The number of aliphatic hydroxyl groups is 1. The van der Waals surface area contributed by atoms with Crippen LogP contribution in [0.25, 0.3) is 0 Å². The van der Waals surface area contributed by atoms with Crippen molar-refractivity contribution in [1.82, 2.24) is 9.78 Å². The van der Waals surface area contributed by atoms with Gasteiger partial charge in [-0.3, -0.25) is 4.68 Å². The van der Waals surface area contributed by atoms with E-state index in [1.165, 1.54) is 0 Å². The van der Waals surface area contributed by atoms with E-state index >= 15 is 0 Å². The maximum atomic E-state index is 8.83. The van der Waals surface area contributed by atoms with Crippen LogP contribution in [-0.4, -0.2) is 21.5 Å². The maximum Gasteiger partial charge on any atom is 0.131 e. The quantitative estimate of drug-likeness (QED) is 0.707. The smallest absolute Gasteiger partial charge is 0.131 e. The minimum atomic E-state index is -0.439. The highest BCUT2D eigenvalue weighted by Crippen LogP contribution is 2.23. The average Bonchev–Trinajstić information content (AvgIpc) is 2.26. The third kappa shape index (κ3) is 1.46. The van der Waals surface area contributed by atoms with Crippen molar-refractivity contribution in [2.45, 2.75) is 13.0 Å². The van der Waals surface area contributed by atoms with Crippen LogP contribution < -0.4 is 5.73 Å². The molecule has 4 nitrogen and oxygen atoms in total. The van der Waals surface area contributed by atoms with Gasteiger partial charge in [-0.25, -0.2) is 0 Å². The molecule has 0 fully saturated rings. The van der Waals surface area contributed by atoms with Crippen LogP contribution in [0.5, 0.6) is 0 Å². The summed E-state index contributed by atoms with van der Waals surface area (Å²) in [7, 11) is 1.74. The minimum absolute atomic E-state index is 0.119. The Balaban J connectivity index is 3.13. The summed E-state index contributed by atoms with van der Waals surface area (Å²) in [4.78, 5) is 0. The molecule has 0 aromatic carbocycles. The molecule has 1 aromatic rings. The van der Waals surface area contributed by atoms with Gasteiger partial charge in [0.1, 0.15) is 5.15 Å². The first-order valence-electron chi connectivity index (χ1n) is 3.63. The summed E-state index contributed by atoms with van der Waals surface area (Å²) in [6.07, 6.45) is 0. The predicted octanol–water partition coefficient (Wildman–Crippen LogP) is 0.374. The van der Waals surface area contributed by atoms with Crippen LogP contribution in [0.4, 0.5) is 0 Å². The summed E-state index contributed by atoms with van der Waals surface area (Å²) in [5, 5.41) is 13.4. The molecule has 68 valence electrons. The molecule has 0 saturated heterocycles. The molecule has 12 heavy (non-hydrogen) atoms. The molecule has 1 atom stereocenters. The maximum absolute atomic E-state index is 8.83. The first-order valence-corrected chi connectivity index (χ1v) is 4.01. The van der Waals surface area contributed by atoms with Gasteiger partial charge in [0.05, 0.1) is 18.3 Å². The second kappa shape index (κ2) is 3.43. The van der Waals surface area contributed by atoms with Gasteiger partial charge >= 0.3 is 0 Å². The van der Waals surface area contributed by atoms with Crippen molar-refractivity contribution in [3.8, 4) is 0 Å². The van der Waals surface area contributed by atoms with E-state index in [-0.39, 0.29) is 6.61 Å². The van der Waals surface area contributed by atoms with Crippen molar-refractivity contribution >= 4 is 11.6 Å². The molecule has 0 aliphatic carbocycles. The Morgan fingerprint density at radius 3 is 2.67 bits per heavy atom. The van der Waals surface area contributed by atoms with Gasteiger partial charge in [0, 0.05) is 12.6 Å². The number of nitrogens with zero attached hydrogens (tertiary/aromatic N) is 2. The molecule has 0 amide bonds. The van der Waals surface area contributed by atoms with E-state index in [0.717, 1.165) is 11.3 Å². The lowest BCUT2D eigenvalue weighted by atomic mass is 10.1. The van der Waals surface area contributed by atoms with E-state index in [1.54, 1.807) is 11.7 Å². The number of aliphatic hydroxyl groups excluding tert-OH is 1. The van der Waals surface area contributed by atoms with Crippen molar-refractivity contribution in [1.29, 1.82) is 0 Å². The average molecular weight is 190 g/mol. The Kier molecular flexibility index (Phi) is 2.72. The Morgan fingerprint density at radius 2 is 2.33 bits per heavy atom. The summed E-state index contributed by atoms with van der Waals surface area (Å²) < 4.78 is 1.54. The van der Waals surface area contributed by atoms with E-state index in [4.69, 9.17) is 22.4 Å². The van der Waals surface area contributed by atoms with Gasteiger partial charge < -0.3 is 10.8 Å². The van der Waals surface area contributed by atoms with Gasteiger partial charge in [-0.2, -0.15) is 5.10 Å². The molecule has 0 bridgehead atoms. The zero-order chi connectivity index (χ0) is 9.30. The summed E-state index contributed by atoms with van der Waals surface area (Å²) >= 11 is 5.90.